The van der Waals surface area contributed by atoms with E-state index in [0.717, 1.165) is 50.2 Å². The van der Waals surface area contributed by atoms with Crippen molar-refractivity contribution >= 4 is 0 Å². The summed E-state index contributed by atoms with van der Waals surface area (Å²) in [6, 6.07) is 6.10. The third kappa shape index (κ3) is 3.79. The van der Waals surface area contributed by atoms with Crippen LogP contribution in [0.15, 0.2) is 18.2 Å². The number of likely N-dealkylation sites (N-methyl/N-ethyl adjacent to an activating group) is 1. The second-order valence-electron chi connectivity index (χ2n) is 5.73. The lowest BCUT2D eigenvalue weighted by molar-refractivity contribution is -0.0225. The van der Waals surface area contributed by atoms with Gasteiger partial charge in [-0.15, -0.1) is 0 Å². The van der Waals surface area contributed by atoms with Crippen LogP contribution in [-0.2, 0) is 6.54 Å². The van der Waals surface area contributed by atoms with Crippen molar-refractivity contribution in [1.82, 2.24) is 9.88 Å². The minimum Gasteiger partial charge on any atom is -0.389 e. The van der Waals surface area contributed by atoms with Crippen molar-refractivity contribution in [2.75, 3.05) is 13.6 Å². The van der Waals surface area contributed by atoms with Gasteiger partial charge in [0.05, 0.1) is 11.3 Å². The first-order valence-corrected chi connectivity index (χ1v) is 6.91. The molecule has 18 heavy (non-hydrogen) atoms. The Morgan fingerprint density at radius 2 is 2.00 bits per heavy atom. The Morgan fingerprint density at radius 1 is 1.28 bits per heavy atom. The van der Waals surface area contributed by atoms with E-state index in [1.54, 1.807) is 0 Å². The second-order valence-corrected chi connectivity index (χ2v) is 5.73. The van der Waals surface area contributed by atoms with Crippen LogP contribution in [0.3, 0.4) is 0 Å². The van der Waals surface area contributed by atoms with Gasteiger partial charge < -0.3 is 5.11 Å². The van der Waals surface area contributed by atoms with Crippen molar-refractivity contribution in [3.8, 4) is 0 Å². The van der Waals surface area contributed by atoms with Crippen molar-refractivity contribution in [2.45, 2.75) is 51.2 Å². The van der Waals surface area contributed by atoms with Gasteiger partial charge in [-0.2, -0.15) is 0 Å². The molecule has 1 saturated carbocycles. The van der Waals surface area contributed by atoms with Crippen LogP contribution in [0.2, 0.25) is 0 Å². The molecule has 0 bridgehead atoms. The van der Waals surface area contributed by atoms with Crippen LogP contribution in [0.25, 0.3) is 0 Å². The molecular weight excluding hydrogens is 224 g/mol. The van der Waals surface area contributed by atoms with Crippen molar-refractivity contribution in [2.24, 2.45) is 0 Å². The van der Waals surface area contributed by atoms with E-state index in [4.69, 9.17) is 0 Å². The monoisotopic (exact) mass is 248 g/mol. The van der Waals surface area contributed by atoms with E-state index in [1.807, 2.05) is 19.1 Å². The Balaban J connectivity index is 1.90. The summed E-state index contributed by atoms with van der Waals surface area (Å²) in [4.78, 5) is 6.69. The first kappa shape index (κ1) is 13.5. The summed E-state index contributed by atoms with van der Waals surface area (Å²) in [6.07, 6.45) is 5.47. The van der Waals surface area contributed by atoms with Gasteiger partial charge in [-0.3, -0.25) is 9.88 Å². The Bertz CT molecular complexity index is 386. The minimum atomic E-state index is -0.475. The molecule has 2 rings (SSSR count). The number of aryl methyl sites for hydroxylation is 1. The maximum Gasteiger partial charge on any atom is 0.0774 e. The fourth-order valence-corrected chi connectivity index (χ4v) is 2.89. The van der Waals surface area contributed by atoms with Gasteiger partial charge in [-0.25, -0.2) is 0 Å². The zero-order valence-electron chi connectivity index (χ0n) is 11.5. The molecule has 3 nitrogen and oxygen atoms in total. The number of hydrogen-bond donors (Lipinski definition) is 1. The van der Waals surface area contributed by atoms with Gasteiger partial charge in [0.25, 0.3) is 0 Å². The molecule has 1 aromatic rings. The molecular formula is C15H24N2O. The third-order valence-corrected chi connectivity index (χ3v) is 3.73. The highest BCUT2D eigenvalue weighted by molar-refractivity contribution is 5.09. The second kappa shape index (κ2) is 5.81. The van der Waals surface area contributed by atoms with Crippen LogP contribution >= 0.6 is 0 Å². The molecule has 1 N–H and O–H groups in total. The van der Waals surface area contributed by atoms with E-state index in [0.29, 0.717) is 0 Å². The highest BCUT2D eigenvalue weighted by Gasteiger charge is 2.30. The van der Waals surface area contributed by atoms with Crippen LogP contribution in [-0.4, -0.2) is 34.2 Å². The van der Waals surface area contributed by atoms with Crippen LogP contribution in [0.4, 0.5) is 0 Å². The molecule has 0 saturated heterocycles. The molecule has 0 atom stereocenters. The van der Waals surface area contributed by atoms with Gasteiger partial charge >= 0.3 is 0 Å². The molecule has 100 valence electrons. The van der Waals surface area contributed by atoms with E-state index in [2.05, 4.69) is 23.0 Å². The van der Waals surface area contributed by atoms with Gasteiger partial charge in [0.1, 0.15) is 0 Å². The van der Waals surface area contributed by atoms with E-state index >= 15 is 0 Å². The number of aromatic nitrogens is 1. The highest BCUT2D eigenvalue weighted by Crippen LogP contribution is 2.28. The summed E-state index contributed by atoms with van der Waals surface area (Å²) in [5.41, 5.74) is 1.66. The summed E-state index contributed by atoms with van der Waals surface area (Å²) in [7, 11) is 2.07. The summed E-state index contributed by atoms with van der Waals surface area (Å²) in [5, 5.41) is 10.5. The lowest BCUT2D eigenvalue weighted by atomic mass is 9.84. The van der Waals surface area contributed by atoms with Gasteiger partial charge in [-0.05, 0) is 38.9 Å². The Kier molecular flexibility index (Phi) is 4.36. The summed E-state index contributed by atoms with van der Waals surface area (Å²) in [6.45, 7) is 3.57. The van der Waals surface area contributed by atoms with E-state index in [9.17, 15) is 5.11 Å². The molecule has 1 aromatic heterocycles. The summed E-state index contributed by atoms with van der Waals surface area (Å²) < 4.78 is 0. The number of rotatable bonds is 4. The lowest BCUT2D eigenvalue weighted by Gasteiger charge is -2.35. The lowest BCUT2D eigenvalue weighted by Crippen LogP contribution is -2.42. The Hall–Kier alpha value is -0.930. The third-order valence-electron chi connectivity index (χ3n) is 3.73. The molecule has 3 heteroatoms. The van der Waals surface area contributed by atoms with E-state index in [-0.39, 0.29) is 0 Å². The zero-order chi connectivity index (χ0) is 13.0. The molecule has 1 fully saturated rings. The average molecular weight is 248 g/mol. The van der Waals surface area contributed by atoms with Gasteiger partial charge in [0.15, 0.2) is 0 Å². The average Bonchev–Trinajstić information content (AvgIpc) is 2.28. The quantitative estimate of drug-likeness (QED) is 0.889. The van der Waals surface area contributed by atoms with Crippen molar-refractivity contribution < 1.29 is 5.11 Å². The molecule has 0 aliphatic heterocycles. The van der Waals surface area contributed by atoms with E-state index < -0.39 is 5.60 Å². The smallest absolute Gasteiger partial charge is 0.0774 e. The fraction of sp³-hybridized carbons (Fsp3) is 0.667. The van der Waals surface area contributed by atoms with Crippen molar-refractivity contribution in [1.29, 1.82) is 0 Å². The van der Waals surface area contributed by atoms with E-state index in [1.165, 1.54) is 6.42 Å². The topological polar surface area (TPSA) is 36.4 Å². The number of hydrogen-bond acceptors (Lipinski definition) is 3. The van der Waals surface area contributed by atoms with Crippen LogP contribution in [0, 0.1) is 6.92 Å². The first-order valence-electron chi connectivity index (χ1n) is 6.91. The Labute approximate surface area is 110 Å². The van der Waals surface area contributed by atoms with Crippen LogP contribution in [0.5, 0.6) is 0 Å². The standard InChI is InChI=1S/C15H24N2O/c1-13-7-6-8-14(16-13)11-17(2)12-15(18)9-4-3-5-10-15/h6-8,18H,3-5,9-12H2,1-2H3. The molecule has 0 amide bonds. The number of pyridine rings is 1. The van der Waals surface area contributed by atoms with Crippen molar-refractivity contribution in [3.63, 3.8) is 0 Å². The number of aliphatic hydroxyl groups is 1. The predicted molar refractivity (Wildman–Crippen MR) is 73.3 cm³/mol. The molecule has 0 spiro atoms. The summed E-state index contributed by atoms with van der Waals surface area (Å²) in [5.74, 6) is 0. The summed E-state index contributed by atoms with van der Waals surface area (Å²) >= 11 is 0. The van der Waals surface area contributed by atoms with Crippen LogP contribution < -0.4 is 0 Å². The largest absolute Gasteiger partial charge is 0.389 e. The van der Waals surface area contributed by atoms with Gasteiger partial charge in [0, 0.05) is 18.8 Å². The normalized spacial score (nSPS) is 19.1. The molecule has 0 unspecified atom stereocenters. The number of nitrogens with zero attached hydrogens (tertiary/aromatic N) is 2. The fourth-order valence-electron chi connectivity index (χ4n) is 2.89. The molecule has 0 radical (unpaired) electrons. The molecule has 1 aliphatic carbocycles. The maximum absolute atomic E-state index is 10.5. The highest BCUT2D eigenvalue weighted by atomic mass is 16.3. The van der Waals surface area contributed by atoms with Crippen LogP contribution in [0.1, 0.15) is 43.5 Å². The molecule has 1 aliphatic rings. The first-order chi connectivity index (χ1) is 8.57. The SMILES string of the molecule is Cc1cccc(CN(C)CC2(O)CCCCC2)n1. The molecule has 1 heterocycles. The Morgan fingerprint density at radius 3 is 2.67 bits per heavy atom. The maximum atomic E-state index is 10.5. The van der Waals surface area contributed by atoms with Gasteiger partial charge in [0.2, 0.25) is 0 Å². The predicted octanol–water partition coefficient (Wildman–Crippen LogP) is 2.52. The van der Waals surface area contributed by atoms with Gasteiger partial charge in [-0.1, -0.05) is 25.3 Å². The minimum absolute atomic E-state index is 0.475. The molecule has 0 aromatic carbocycles. The zero-order valence-corrected chi connectivity index (χ0v) is 11.5. The van der Waals surface area contributed by atoms with Crippen molar-refractivity contribution in [3.05, 3.63) is 29.6 Å².